The Bertz CT molecular complexity index is 946. The minimum Gasteiger partial charge on any atom is -0.331 e. The van der Waals surface area contributed by atoms with E-state index in [1.54, 1.807) is 6.20 Å². The van der Waals surface area contributed by atoms with E-state index in [-0.39, 0.29) is 11.9 Å². The van der Waals surface area contributed by atoms with Gasteiger partial charge in [0.2, 0.25) is 0 Å². The molecule has 3 heterocycles. The molecular weight excluding hydrogens is 338 g/mol. The van der Waals surface area contributed by atoms with Crippen molar-refractivity contribution in [2.75, 3.05) is 26.2 Å². The zero-order valence-corrected chi connectivity index (χ0v) is 15.9. The van der Waals surface area contributed by atoms with Crippen LogP contribution in [0.3, 0.4) is 0 Å². The van der Waals surface area contributed by atoms with Crippen molar-refractivity contribution in [1.29, 1.82) is 0 Å². The lowest BCUT2D eigenvalue weighted by molar-refractivity contribution is 0.0642. The van der Waals surface area contributed by atoms with Crippen LogP contribution >= 0.6 is 0 Å². The van der Waals surface area contributed by atoms with E-state index in [0.29, 0.717) is 18.7 Å². The van der Waals surface area contributed by atoms with Gasteiger partial charge in [-0.1, -0.05) is 32.0 Å². The third-order valence-corrected chi connectivity index (χ3v) is 5.37. The second kappa shape index (κ2) is 7.48. The van der Waals surface area contributed by atoms with E-state index >= 15 is 0 Å². The van der Waals surface area contributed by atoms with Gasteiger partial charge in [0.25, 0.3) is 5.91 Å². The summed E-state index contributed by atoms with van der Waals surface area (Å²) in [6.45, 7) is 8.46. The van der Waals surface area contributed by atoms with Crippen molar-refractivity contribution in [3.8, 4) is 0 Å². The third kappa shape index (κ3) is 3.45. The standard InChI is InChI=1S/C21H25N5O/c1-3-24(4-2)13-19-15-25(14-18-9-10-23-26(18)19)21(27)17-11-16-7-5-6-8-20(16)22-12-17/h5-12,19H,3-4,13-15H2,1-2H3. The maximum Gasteiger partial charge on any atom is 0.255 e. The zero-order chi connectivity index (χ0) is 18.8. The molecule has 0 saturated heterocycles. The van der Waals surface area contributed by atoms with Crippen molar-refractivity contribution in [3.63, 3.8) is 0 Å². The first-order valence-electron chi connectivity index (χ1n) is 9.58. The van der Waals surface area contributed by atoms with Gasteiger partial charge in [0.15, 0.2) is 0 Å². The molecule has 140 valence electrons. The summed E-state index contributed by atoms with van der Waals surface area (Å²) in [6, 6.07) is 12.0. The van der Waals surface area contributed by atoms with Crippen molar-refractivity contribution in [2.24, 2.45) is 0 Å². The smallest absolute Gasteiger partial charge is 0.255 e. The first-order chi connectivity index (χ1) is 13.2. The Morgan fingerprint density at radius 3 is 2.85 bits per heavy atom. The molecule has 1 aromatic carbocycles. The highest BCUT2D eigenvalue weighted by molar-refractivity contribution is 5.97. The largest absolute Gasteiger partial charge is 0.331 e. The Morgan fingerprint density at radius 2 is 2.04 bits per heavy atom. The van der Waals surface area contributed by atoms with Crippen LogP contribution in [0.2, 0.25) is 0 Å². The van der Waals surface area contributed by atoms with Crippen LogP contribution in [0.5, 0.6) is 0 Å². The average molecular weight is 363 g/mol. The molecule has 1 aliphatic rings. The highest BCUT2D eigenvalue weighted by Crippen LogP contribution is 2.23. The summed E-state index contributed by atoms with van der Waals surface area (Å²) in [5, 5.41) is 5.50. The van der Waals surface area contributed by atoms with Gasteiger partial charge in [-0.2, -0.15) is 5.10 Å². The molecule has 1 atom stereocenters. The van der Waals surface area contributed by atoms with Crippen LogP contribution in [0.1, 0.15) is 35.9 Å². The van der Waals surface area contributed by atoms with Crippen LogP contribution in [0.15, 0.2) is 48.8 Å². The van der Waals surface area contributed by atoms with Gasteiger partial charge in [0, 0.05) is 30.9 Å². The van der Waals surface area contributed by atoms with Crippen molar-refractivity contribution < 1.29 is 4.79 Å². The maximum atomic E-state index is 13.2. The fourth-order valence-electron chi connectivity index (χ4n) is 3.83. The van der Waals surface area contributed by atoms with Gasteiger partial charge in [-0.05, 0) is 31.3 Å². The normalized spacial score (nSPS) is 16.7. The summed E-state index contributed by atoms with van der Waals surface area (Å²) in [7, 11) is 0. The number of aromatic nitrogens is 3. The maximum absolute atomic E-state index is 13.2. The number of carbonyl (C=O) groups is 1. The molecule has 1 aliphatic heterocycles. The highest BCUT2D eigenvalue weighted by Gasteiger charge is 2.30. The van der Waals surface area contributed by atoms with Gasteiger partial charge in [0.1, 0.15) is 0 Å². The number of amides is 1. The minimum absolute atomic E-state index is 0.0326. The Morgan fingerprint density at radius 1 is 1.22 bits per heavy atom. The predicted octanol–water partition coefficient (Wildman–Crippen LogP) is 2.97. The predicted molar refractivity (Wildman–Crippen MR) is 106 cm³/mol. The first kappa shape index (κ1) is 17.7. The molecule has 2 aromatic heterocycles. The third-order valence-electron chi connectivity index (χ3n) is 5.37. The lowest BCUT2D eigenvalue weighted by Gasteiger charge is -2.36. The Kier molecular flexibility index (Phi) is 4.90. The average Bonchev–Trinajstić information content (AvgIpc) is 3.19. The number of rotatable bonds is 5. The van der Waals surface area contributed by atoms with E-state index in [1.165, 1.54) is 0 Å². The molecule has 0 radical (unpaired) electrons. The van der Waals surface area contributed by atoms with E-state index < -0.39 is 0 Å². The van der Waals surface area contributed by atoms with Crippen LogP contribution in [0.25, 0.3) is 10.9 Å². The molecule has 0 saturated carbocycles. The van der Waals surface area contributed by atoms with E-state index in [0.717, 1.165) is 36.2 Å². The molecule has 4 rings (SSSR count). The lowest BCUT2D eigenvalue weighted by atomic mass is 10.1. The summed E-state index contributed by atoms with van der Waals surface area (Å²) < 4.78 is 2.08. The number of para-hydroxylation sites is 1. The number of fused-ring (bicyclic) bond motifs is 2. The van der Waals surface area contributed by atoms with Gasteiger partial charge in [0.05, 0.1) is 29.4 Å². The number of carbonyl (C=O) groups excluding carboxylic acids is 1. The summed E-state index contributed by atoms with van der Waals surface area (Å²) in [4.78, 5) is 21.9. The Balaban J connectivity index is 1.60. The molecule has 1 unspecified atom stereocenters. The van der Waals surface area contributed by atoms with Crippen LogP contribution < -0.4 is 0 Å². The summed E-state index contributed by atoms with van der Waals surface area (Å²) in [5.74, 6) is 0.0326. The number of hydrogen-bond acceptors (Lipinski definition) is 4. The Hall–Kier alpha value is -2.73. The Labute approximate surface area is 159 Å². The number of benzene rings is 1. The molecule has 3 aromatic rings. The molecule has 0 spiro atoms. The number of hydrogen-bond donors (Lipinski definition) is 0. The van der Waals surface area contributed by atoms with Crippen molar-refractivity contribution in [3.05, 3.63) is 60.0 Å². The van der Waals surface area contributed by atoms with Crippen LogP contribution in [0, 0.1) is 0 Å². The molecule has 6 nitrogen and oxygen atoms in total. The van der Waals surface area contributed by atoms with Crippen LogP contribution in [0.4, 0.5) is 0 Å². The minimum atomic E-state index is 0.0326. The monoisotopic (exact) mass is 363 g/mol. The summed E-state index contributed by atoms with van der Waals surface area (Å²) in [6.07, 6.45) is 3.52. The second-order valence-corrected chi connectivity index (χ2v) is 7.01. The van der Waals surface area contributed by atoms with E-state index in [4.69, 9.17) is 0 Å². The zero-order valence-electron chi connectivity index (χ0n) is 15.9. The molecule has 0 aliphatic carbocycles. The van der Waals surface area contributed by atoms with Crippen molar-refractivity contribution in [2.45, 2.75) is 26.4 Å². The summed E-state index contributed by atoms with van der Waals surface area (Å²) >= 11 is 0. The molecule has 27 heavy (non-hydrogen) atoms. The van der Waals surface area contributed by atoms with E-state index in [9.17, 15) is 4.79 Å². The summed E-state index contributed by atoms with van der Waals surface area (Å²) in [5.41, 5.74) is 2.63. The topological polar surface area (TPSA) is 54.3 Å². The molecule has 1 amide bonds. The quantitative estimate of drug-likeness (QED) is 0.699. The van der Waals surface area contributed by atoms with Gasteiger partial charge < -0.3 is 9.80 Å². The lowest BCUT2D eigenvalue weighted by Crippen LogP contribution is -2.45. The van der Waals surface area contributed by atoms with E-state index in [2.05, 4.69) is 33.5 Å². The fourth-order valence-corrected chi connectivity index (χ4v) is 3.83. The fraction of sp³-hybridized carbons (Fsp3) is 0.381. The number of pyridine rings is 1. The SMILES string of the molecule is CCN(CC)CC1CN(C(=O)c2cnc3ccccc3c2)Cc2ccnn21. The number of likely N-dealkylation sites (N-methyl/N-ethyl adjacent to an activating group) is 1. The van der Waals surface area contributed by atoms with E-state index in [1.807, 2.05) is 47.5 Å². The van der Waals surface area contributed by atoms with Gasteiger partial charge in [-0.25, -0.2) is 0 Å². The van der Waals surface area contributed by atoms with Gasteiger partial charge >= 0.3 is 0 Å². The first-order valence-corrected chi connectivity index (χ1v) is 9.58. The van der Waals surface area contributed by atoms with Gasteiger partial charge in [-0.15, -0.1) is 0 Å². The van der Waals surface area contributed by atoms with Crippen LogP contribution in [-0.2, 0) is 6.54 Å². The molecular formula is C21H25N5O. The van der Waals surface area contributed by atoms with Crippen molar-refractivity contribution in [1.82, 2.24) is 24.6 Å². The molecule has 0 N–H and O–H groups in total. The highest BCUT2D eigenvalue weighted by atomic mass is 16.2. The second-order valence-electron chi connectivity index (χ2n) is 7.01. The molecule has 0 fully saturated rings. The molecule has 6 heteroatoms. The van der Waals surface area contributed by atoms with Gasteiger partial charge in [-0.3, -0.25) is 14.5 Å². The van der Waals surface area contributed by atoms with Crippen LogP contribution in [-0.4, -0.2) is 56.7 Å². The molecule has 0 bridgehead atoms. The van der Waals surface area contributed by atoms with Crippen molar-refractivity contribution >= 4 is 16.8 Å². The number of nitrogens with zero attached hydrogens (tertiary/aromatic N) is 5.